The Bertz CT molecular complexity index is 596. The van der Waals surface area contributed by atoms with E-state index in [-0.39, 0.29) is 18.5 Å². The average Bonchev–Trinajstić information content (AvgIpc) is 2.88. The van der Waals surface area contributed by atoms with Crippen molar-refractivity contribution in [2.75, 3.05) is 79.2 Å². The molecule has 230 valence electrons. The van der Waals surface area contributed by atoms with Crippen LogP contribution in [0.1, 0.15) is 72.6 Å². The molecule has 0 saturated carbocycles. The van der Waals surface area contributed by atoms with Gasteiger partial charge in [-0.3, -0.25) is 4.79 Å². The van der Waals surface area contributed by atoms with Crippen LogP contribution in [0, 0.1) is 5.92 Å². The lowest BCUT2D eigenvalue weighted by Crippen LogP contribution is -2.34. The van der Waals surface area contributed by atoms with Gasteiger partial charge >= 0.3 is 12.1 Å². The van der Waals surface area contributed by atoms with Crippen molar-refractivity contribution < 1.29 is 42.7 Å². The highest BCUT2D eigenvalue weighted by atomic mass is 16.6. The standard InChI is InChI=1S/C29H55NO9/c1-6-8-9-10-11-12-26(27(31)38-15-7-2)13-16-33-18-20-35-22-24-37-25-23-36-21-19-34-17-14-30-28(32)39-29(3,4)5/h7,26H,2,6,8-25H2,1,3-5H3,(H,30,32). The molecule has 0 aromatic carbocycles. The van der Waals surface area contributed by atoms with Crippen molar-refractivity contribution in [3.63, 3.8) is 0 Å². The summed E-state index contributed by atoms with van der Waals surface area (Å²) in [7, 11) is 0. The fourth-order valence-electron chi connectivity index (χ4n) is 3.38. The van der Waals surface area contributed by atoms with Crippen molar-refractivity contribution in [2.45, 2.75) is 78.2 Å². The van der Waals surface area contributed by atoms with Crippen molar-refractivity contribution >= 4 is 12.1 Å². The van der Waals surface area contributed by atoms with Crippen LogP contribution in [-0.4, -0.2) is 96.9 Å². The molecule has 0 saturated heterocycles. The SMILES string of the molecule is C=CCOC(=O)C(CCCCCCC)CCOCCOCCOCCOCCOCCNC(=O)OC(C)(C)C. The van der Waals surface area contributed by atoms with E-state index in [1.165, 1.54) is 19.3 Å². The molecule has 1 amide bonds. The molecule has 0 radical (unpaired) electrons. The average molecular weight is 562 g/mol. The molecule has 0 aromatic rings. The molecular weight excluding hydrogens is 506 g/mol. The zero-order chi connectivity index (χ0) is 29.0. The van der Waals surface area contributed by atoms with Crippen LogP contribution in [0.15, 0.2) is 12.7 Å². The Morgan fingerprint density at radius 3 is 1.77 bits per heavy atom. The van der Waals surface area contributed by atoms with E-state index in [1.807, 2.05) is 20.8 Å². The van der Waals surface area contributed by atoms with Crippen LogP contribution in [0.5, 0.6) is 0 Å². The first kappa shape index (κ1) is 37.3. The third kappa shape index (κ3) is 27.6. The number of hydrogen-bond donors (Lipinski definition) is 1. The first-order valence-electron chi connectivity index (χ1n) is 14.4. The molecule has 0 aliphatic rings. The van der Waals surface area contributed by atoms with Gasteiger partial charge in [-0.15, -0.1) is 0 Å². The summed E-state index contributed by atoms with van der Waals surface area (Å²) in [6, 6.07) is 0. The molecule has 10 nitrogen and oxygen atoms in total. The second-order valence-electron chi connectivity index (χ2n) is 10.1. The van der Waals surface area contributed by atoms with Crippen molar-refractivity contribution in [1.29, 1.82) is 0 Å². The number of carbonyl (C=O) groups is 2. The van der Waals surface area contributed by atoms with Crippen LogP contribution in [0.4, 0.5) is 4.79 Å². The van der Waals surface area contributed by atoms with Gasteiger partial charge in [-0.05, 0) is 33.6 Å². The maximum atomic E-state index is 12.3. The Labute approximate surface area is 236 Å². The summed E-state index contributed by atoms with van der Waals surface area (Å²) in [5, 5.41) is 2.63. The number of ether oxygens (including phenoxy) is 7. The lowest BCUT2D eigenvalue weighted by molar-refractivity contribution is -0.148. The van der Waals surface area contributed by atoms with Crippen LogP contribution < -0.4 is 5.32 Å². The quantitative estimate of drug-likeness (QED) is 0.0867. The molecule has 0 spiro atoms. The summed E-state index contributed by atoms with van der Waals surface area (Å²) in [5.74, 6) is -0.290. The Balaban J connectivity index is 3.54. The van der Waals surface area contributed by atoms with Crippen molar-refractivity contribution in [3.8, 4) is 0 Å². The van der Waals surface area contributed by atoms with E-state index in [0.717, 1.165) is 19.3 Å². The Kier molecular flexibility index (Phi) is 25.3. The van der Waals surface area contributed by atoms with Crippen LogP contribution in [0.2, 0.25) is 0 Å². The predicted molar refractivity (Wildman–Crippen MR) is 151 cm³/mol. The number of unbranched alkanes of at least 4 members (excludes halogenated alkanes) is 4. The second-order valence-corrected chi connectivity index (χ2v) is 10.1. The number of rotatable bonds is 27. The molecule has 0 aromatic heterocycles. The minimum absolute atomic E-state index is 0.129. The van der Waals surface area contributed by atoms with Gasteiger partial charge in [0, 0.05) is 13.2 Å². The Hall–Kier alpha value is -1.72. The minimum Gasteiger partial charge on any atom is -0.461 e. The molecule has 1 N–H and O–H groups in total. The largest absolute Gasteiger partial charge is 0.461 e. The number of amides is 1. The summed E-state index contributed by atoms with van der Waals surface area (Å²) in [6.45, 7) is 16.5. The second kappa shape index (κ2) is 26.5. The summed E-state index contributed by atoms with van der Waals surface area (Å²) in [6.07, 6.45) is 8.46. The van der Waals surface area contributed by atoms with Gasteiger partial charge in [0.15, 0.2) is 0 Å². The first-order valence-corrected chi connectivity index (χ1v) is 14.4. The van der Waals surface area contributed by atoms with Gasteiger partial charge in [-0.2, -0.15) is 0 Å². The van der Waals surface area contributed by atoms with Gasteiger partial charge in [0.05, 0.1) is 65.4 Å². The molecular formula is C29H55NO9. The first-order chi connectivity index (χ1) is 18.8. The van der Waals surface area contributed by atoms with Crippen LogP contribution in [-0.2, 0) is 38.0 Å². The molecule has 1 unspecified atom stereocenters. The summed E-state index contributed by atoms with van der Waals surface area (Å²) in [5.41, 5.74) is -0.510. The lowest BCUT2D eigenvalue weighted by Gasteiger charge is -2.19. The van der Waals surface area contributed by atoms with Crippen molar-refractivity contribution in [3.05, 3.63) is 12.7 Å². The normalized spacial score (nSPS) is 12.2. The third-order valence-electron chi connectivity index (χ3n) is 5.35. The highest BCUT2D eigenvalue weighted by Crippen LogP contribution is 2.17. The monoisotopic (exact) mass is 561 g/mol. The molecule has 0 heterocycles. The summed E-state index contributed by atoms with van der Waals surface area (Å²) >= 11 is 0. The van der Waals surface area contributed by atoms with E-state index >= 15 is 0 Å². The zero-order valence-corrected chi connectivity index (χ0v) is 25.0. The number of carbonyl (C=O) groups excluding carboxylic acids is 2. The summed E-state index contributed by atoms with van der Waals surface area (Å²) < 4.78 is 37.9. The van der Waals surface area contributed by atoms with E-state index in [4.69, 9.17) is 33.2 Å². The third-order valence-corrected chi connectivity index (χ3v) is 5.35. The molecule has 39 heavy (non-hydrogen) atoms. The van der Waals surface area contributed by atoms with E-state index in [2.05, 4.69) is 18.8 Å². The molecule has 0 rings (SSSR count). The van der Waals surface area contributed by atoms with Gasteiger partial charge in [0.1, 0.15) is 12.2 Å². The number of esters is 1. The number of hydrogen-bond acceptors (Lipinski definition) is 9. The van der Waals surface area contributed by atoms with Gasteiger partial charge in [-0.1, -0.05) is 51.7 Å². The van der Waals surface area contributed by atoms with E-state index in [9.17, 15) is 9.59 Å². The highest BCUT2D eigenvalue weighted by molar-refractivity contribution is 5.72. The molecule has 1 atom stereocenters. The maximum Gasteiger partial charge on any atom is 0.407 e. The molecule has 0 aliphatic carbocycles. The topological polar surface area (TPSA) is 111 Å². The van der Waals surface area contributed by atoms with Crippen LogP contribution >= 0.6 is 0 Å². The minimum atomic E-state index is -0.510. The maximum absolute atomic E-state index is 12.3. The Morgan fingerprint density at radius 2 is 1.26 bits per heavy atom. The van der Waals surface area contributed by atoms with E-state index in [1.54, 1.807) is 6.08 Å². The predicted octanol–water partition coefficient (Wildman–Crippen LogP) is 4.69. The smallest absolute Gasteiger partial charge is 0.407 e. The fourth-order valence-corrected chi connectivity index (χ4v) is 3.38. The highest BCUT2D eigenvalue weighted by Gasteiger charge is 2.19. The van der Waals surface area contributed by atoms with Gasteiger partial charge in [-0.25, -0.2) is 4.79 Å². The van der Waals surface area contributed by atoms with E-state index in [0.29, 0.717) is 79.0 Å². The van der Waals surface area contributed by atoms with Gasteiger partial charge in [0.2, 0.25) is 0 Å². The van der Waals surface area contributed by atoms with Crippen molar-refractivity contribution in [1.82, 2.24) is 5.32 Å². The number of alkyl carbamates (subject to hydrolysis) is 1. The molecule has 0 fully saturated rings. The molecule has 0 bridgehead atoms. The fraction of sp³-hybridized carbons (Fsp3) is 0.862. The lowest BCUT2D eigenvalue weighted by atomic mass is 9.97. The van der Waals surface area contributed by atoms with E-state index < -0.39 is 11.7 Å². The number of nitrogens with one attached hydrogen (secondary N) is 1. The van der Waals surface area contributed by atoms with Gasteiger partial charge < -0.3 is 38.5 Å². The summed E-state index contributed by atoms with van der Waals surface area (Å²) in [4.78, 5) is 23.8. The van der Waals surface area contributed by atoms with Crippen LogP contribution in [0.3, 0.4) is 0 Å². The van der Waals surface area contributed by atoms with Crippen molar-refractivity contribution in [2.24, 2.45) is 5.92 Å². The molecule has 10 heteroatoms. The zero-order valence-electron chi connectivity index (χ0n) is 25.0. The molecule has 0 aliphatic heterocycles. The Morgan fingerprint density at radius 1 is 0.744 bits per heavy atom. The van der Waals surface area contributed by atoms with Crippen LogP contribution in [0.25, 0.3) is 0 Å². The van der Waals surface area contributed by atoms with Gasteiger partial charge in [0.25, 0.3) is 0 Å².